The molecule has 1 fully saturated rings. The summed E-state index contributed by atoms with van der Waals surface area (Å²) >= 11 is 0. The molecule has 4 heteroatoms. The first-order chi connectivity index (χ1) is 8.63. The molecule has 0 radical (unpaired) electrons. The molecule has 4 nitrogen and oxygen atoms in total. The number of benzene rings is 1. The van der Waals surface area contributed by atoms with Crippen LogP contribution in [0.3, 0.4) is 0 Å². The molecule has 1 aromatic carbocycles. The minimum atomic E-state index is 0.0520. The van der Waals surface area contributed by atoms with Crippen LogP contribution in [0, 0.1) is 13.8 Å². The van der Waals surface area contributed by atoms with E-state index in [4.69, 9.17) is 5.73 Å². The van der Waals surface area contributed by atoms with Crippen molar-refractivity contribution in [2.45, 2.75) is 13.8 Å². The van der Waals surface area contributed by atoms with E-state index < -0.39 is 0 Å². The molecule has 1 saturated heterocycles. The Balaban J connectivity index is 2.08. The standard InChI is InChI=1S/C14H21N3O/c1-11-4-3-5-12(2)14(11)17-8-6-16(7-9-17)13(18)10-15/h3-5H,6-10,15H2,1-2H3. The number of piperazine rings is 1. The van der Waals surface area contributed by atoms with Crippen molar-refractivity contribution in [3.8, 4) is 0 Å². The number of carbonyl (C=O) groups is 1. The number of rotatable bonds is 2. The number of anilines is 1. The second-order valence-corrected chi connectivity index (χ2v) is 4.81. The second kappa shape index (κ2) is 5.40. The van der Waals surface area contributed by atoms with E-state index in [0.29, 0.717) is 0 Å². The van der Waals surface area contributed by atoms with Crippen molar-refractivity contribution in [1.29, 1.82) is 0 Å². The Morgan fingerprint density at radius 1 is 1.17 bits per heavy atom. The van der Waals surface area contributed by atoms with Crippen LogP contribution in [-0.4, -0.2) is 43.5 Å². The maximum absolute atomic E-state index is 11.5. The van der Waals surface area contributed by atoms with E-state index >= 15 is 0 Å². The molecule has 1 aliphatic rings. The zero-order valence-electron chi connectivity index (χ0n) is 11.1. The van der Waals surface area contributed by atoms with Crippen molar-refractivity contribution in [2.75, 3.05) is 37.6 Å². The maximum Gasteiger partial charge on any atom is 0.236 e. The number of nitrogens with zero attached hydrogens (tertiary/aromatic N) is 2. The van der Waals surface area contributed by atoms with Crippen molar-refractivity contribution < 1.29 is 4.79 Å². The Morgan fingerprint density at radius 3 is 2.22 bits per heavy atom. The molecule has 2 rings (SSSR count). The van der Waals surface area contributed by atoms with Crippen molar-refractivity contribution in [1.82, 2.24) is 4.90 Å². The van der Waals surface area contributed by atoms with Gasteiger partial charge in [-0.25, -0.2) is 0 Å². The van der Waals surface area contributed by atoms with Crippen LogP contribution < -0.4 is 10.6 Å². The van der Waals surface area contributed by atoms with Gasteiger partial charge in [0.1, 0.15) is 0 Å². The summed E-state index contributed by atoms with van der Waals surface area (Å²) in [5.74, 6) is 0.0520. The molecular formula is C14H21N3O. The largest absolute Gasteiger partial charge is 0.368 e. The molecule has 98 valence electrons. The highest BCUT2D eigenvalue weighted by molar-refractivity contribution is 5.78. The van der Waals surface area contributed by atoms with E-state index in [0.717, 1.165) is 26.2 Å². The average molecular weight is 247 g/mol. The van der Waals surface area contributed by atoms with Crippen LogP contribution >= 0.6 is 0 Å². The van der Waals surface area contributed by atoms with E-state index in [1.165, 1.54) is 16.8 Å². The topological polar surface area (TPSA) is 49.6 Å². The summed E-state index contributed by atoms with van der Waals surface area (Å²) in [5.41, 5.74) is 9.31. The fraction of sp³-hybridized carbons (Fsp3) is 0.500. The zero-order chi connectivity index (χ0) is 13.1. The molecule has 0 aliphatic carbocycles. The molecule has 0 unspecified atom stereocenters. The fourth-order valence-corrected chi connectivity index (χ4v) is 2.61. The lowest BCUT2D eigenvalue weighted by Crippen LogP contribution is -2.50. The van der Waals surface area contributed by atoms with Crippen molar-refractivity contribution in [3.05, 3.63) is 29.3 Å². The Kier molecular flexibility index (Phi) is 3.87. The van der Waals surface area contributed by atoms with E-state index in [1.807, 2.05) is 4.90 Å². The summed E-state index contributed by atoms with van der Waals surface area (Å²) in [4.78, 5) is 15.7. The third-order valence-electron chi connectivity index (χ3n) is 3.56. The molecule has 0 saturated carbocycles. The number of hydrogen-bond acceptors (Lipinski definition) is 3. The summed E-state index contributed by atoms with van der Waals surface area (Å²) in [5, 5.41) is 0. The van der Waals surface area contributed by atoms with Gasteiger partial charge in [0.15, 0.2) is 0 Å². The fourth-order valence-electron chi connectivity index (χ4n) is 2.61. The minimum Gasteiger partial charge on any atom is -0.368 e. The first-order valence-corrected chi connectivity index (χ1v) is 6.42. The highest BCUT2D eigenvalue weighted by atomic mass is 16.2. The summed E-state index contributed by atoms with van der Waals surface area (Å²) in [6, 6.07) is 6.36. The van der Waals surface area contributed by atoms with Crippen LogP contribution in [0.1, 0.15) is 11.1 Å². The predicted octanol–water partition coefficient (Wildman–Crippen LogP) is 0.911. The minimum absolute atomic E-state index is 0.0520. The Morgan fingerprint density at radius 2 is 1.72 bits per heavy atom. The van der Waals surface area contributed by atoms with Gasteiger partial charge in [0.25, 0.3) is 0 Å². The molecule has 2 N–H and O–H groups in total. The third-order valence-corrected chi connectivity index (χ3v) is 3.56. The molecular weight excluding hydrogens is 226 g/mol. The van der Waals surface area contributed by atoms with Gasteiger partial charge < -0.3 is 15.5 Å². The van der Waals surface area contributed by atoms with Crippen LogP contribution in [0.25, 0.3) is 0 Å². The quantitative estimate of drug-likeness (QED) is 0.845. The Labute approximate surface area is 108 Å². The number of carbonyl (C=O) groups excluding carboxylic acids is 1. The van der Waals surface area contributed by atoms with Gasteiger partial charge >= 0.3 is 0 Å². The molecule has 0 spiro atoms. The van der Waals surface area contributed by atoms with Gasteiger partial charge in [0.05, 0.1) is 6.54 Å². The smallest absolute Gasteiger partial charge is 0.236 e. The average Bonchev–Trinajstić information content (AvgIpc) is 2.38. The first-order valence-electron chi connectivity index (χ1n) is 6.42. The zero-order valence-corrected chi connectivity index (χ0v) is 11.1. The first kappa shape index (κ1) is 12.9. The molecule has 0 aromatic heterocycles. The lowest BCUT2D eigenvalue weighted by molar-refractivity contribution is -0.129. The van der Waals surface area contributed by atoms with Crippen LogP contribution in [0.4, 0.5) is 5.69 Å². The van der Waals surface area contributed by atoms with Gasteiger partial charge in [0, 0.05) is 31.9 Å². The van der Waals surface area contributed by atoms with E-state index in [2.05, 4.69) is 36.9 Å². The molecule has 1 aromatic rings. The number of aryl methyl sites for hydroxylation is 2. The molecule has 18 heavy (non-hydrogen) atoms. The number of para-hydroxylation sites is 1. The van der Waals surface area contributed by atoms with Crippen LogP contribution in [0.2, 0.25) is 0 Å². The van der Waals surface area contributed by atoms with Gasteiger partial charge in [-0.1, -0.05) is 18.2 Å². The normalized spacial score (nSPS) is 15.9. The van der Waals surface area contributed by atoms with E-state index in [9.17, 15) is 4.79 Å². The molecule has 0 bridgehead atoms. The SMILES string of the molecule is Cc1cccc(C)c1N1CCN(C(=O)CN)CC1. The van der Waals surface area contributed by atoms with Gasteiger partial charge in [0.2, 0.25) is 5.91 Å². The summed E-state index contributed by atoms with van der Waals surface area (Å²) in [6.07, 6.45) is 0. The Hall–Kier alpha value is -1.55. The second-order valence-electron chi connectivity index (χ2n) is 4.81. The van der Waals surface area contributed by atoms with Gasteiger partial charge in [-0.05, 0) is 25.0 Å². The third kappa shape index (κ3) is 2.48. The highest BCUT2D eigenvalue weighted by Gasteiger charge is 2.21. The maximum atomic E-state index is 11.5. The number of hydrogen-bond donors (Lipinski definition) is 1. The molecule has 1 aliphatic heterocycles. The Bertz CT molecular complexity index is 416. The highest BCUT2D eigenvalue weighted by Crippen LogP contribution is 2.25. The monoisotopic (exact) mass is 247 g/mol. The van der Waals surface area contributed by atoms with E-state index in [1.54, 1.807) is 0 Å². The van der Waals surface area contributed by atoms with E-state index in [-0.39, 0.29) is 12.5 Å². The summed E-state index contributed by atoms with van der Waals surface area (Å²) in [7, 11) is 0. The van der Waals surface area contributed by atoms with Crippen molar-refractivity contribution >= 4 is 11.6 Å². The lowest BCUT2D eigenvalue weighted by Gasteiger charge is -2.37. The van der Waals surface area contributed by atoms with Crippen LogP contribution in [-0.2, 0) is 4.79 Å². The van der Waals surface area contributed by atoms with Gasteiger partial charge in [-0.15, -0.1) is 0 Å². The van der Waals surface area contributed by atoms with Gasteiger partial charge in [-0.3, -0.25) is 4.79 Å². The van der Waals surface area contributed by atoms with Crippen molar-refractivity contribution in [3.63, 3.8) is 0 Å². The van der Waals surface area contributed by atoms with Crippen LogP contribution in [0.15, 0.2) is 18.2 Å². The number of amides is 1. The molecule has 1 amide bonds. The molecule has 1 heterocycles. The van der Waals surface area contributed by atoms with Crippen molar-refractivity contribution in [2.24, 2.45) is 5.73 Å². The summed E-state index contributed by atoms with van der Waals surface area (Å²) in [6.45, 7) is 7.70. The predicted molar refractivity (Wildman–Crippen MR) is 73.8 cm³/mol. The molecule has 0 atom stereocenters. The van der Waals surface area contributed by atoms with Gasteiger partial charge in [-0.2, -0.15) is 0 Å². The number of nitrogens with two attached hydrogens (primary N) is 1. The van der Waals surface area contributed by atoms with Crippen LogP contribution in [0.5, 0.6) is 0 Å². The summed E-state index contributed by atoms with van der Waals surface area (Å²) < 4.78 is 0. The lowest BCUT2D eigenvalue weighted by atomic mass is 10.1.